The lowest BCUT2D eigenvalue weighted by atomic mass is 10.2. The summed E-state index contributed by atoms with van der Waals surface area (Å²) in [5.74, 6) is 1.96. The van der Waals surface area contributed by atoms with E-state index in [1.54, 1.807) is 18.0 Å². The van der Waals surface area contributed by atoms with E-state index in [2.05, 4.69) is 34.2 Å². The van der Waals surface area contributed by atoms with E-state index in [4.69, 9.17) is 0 Å². The second-order valence-electron chi connectivity index (χ2n) is 3.95. The van der Waals surface area contributed by atoms with Gasteiger partial charge in [-0.1, -0.05) is 47.8 Å². The number of rotatable bonds is 2. The van der Waals surface area contributed by atoms with Gasteiger partial charge in [0.05, 0.1) is 5.69 Å². The molecule has 3 rings (SSSR count). The predicted octanol–water partition coefficient (Wildman–Crippen LogP) is 4.25. The molecule has 0 saturated heterocycles. The van der Waals surface area contributed by atoms with Crippen LogP contribution >= 0.6 is 23.5 Å². The van der Waals surface area contributed by atoms with Gasteiger partial charge in [0.2, 0.25) is 0 Å². The predicted molar refractivity (Wildman–Crippen MR) is 80.4 cm³/mol. The zero-order valence-electron chi connectivity index (χ0n) is 9.74. The first-order valence-electron chi connectivity index (χ1n) is 5.73. The molecule has 2 heterocycles. The van der Waals surface area contributed by atoms with Gasteiger partial charge in [-0.15, -0.1) is 0 Å². The van der Waals surface area contributed by atoms with Crippen molar-refractivity contribution >= 4 is 33.6 Å². The Labute approximate surface area is 115 Å². The van der Waals surface area contributed by atoms with Gasteiger partial charge in [0.25, 0.3) is 0 Å². The fourth-order valence-electron chi connectivity index (χ4n) is 1.71. The van der Waals surface area contributed by atoms with E-state index < -0.39 is 0 Å². The quantitative estimate of drug-likeness (QED) is 0.817. The molecule has 0 bridgehead atoms. The molecule has 1 aromatic carbocycles. The van der Waals surface area contributed by atoms with Crippen LogP contribution in [0, 0.1) is 0 Å². The summed E-state index contributed by atoms with van der Waals surface area (Å²) < 4.78 is 1.15. The maximum atomic E-state index is 4.68. The van der Waals surface area contributed by atoms with E-state index in [1.165, 1.54) is 11.1 Å². The molecule has 0 unspecified atom stereocenters. The first kappa shape index (κ1) is 11.8. The monoisotopic (exact) mass is 272 g/mol. The Morgan fingerprint density at radius 2 is 2.11 bits per heavy atom. The zero-order valence-corrected chi connectivity index (χ0v) is 11.4. The molecule has 0 aliphatic carbocycles. The van der Waals surface area contributed by atoms with Crippen molar-refractivity contribution in [1.29, 1.82) is 0 Å². The highest BCUT2D eigenvalue weighted by Crippen LogP contribution is 2.35. The Bertz CT molecular complexity index is 567. The molecular weight excluding hydrogens is 260 g/mol. The highest BCUT2D eigenvalue weighted by Gasteiger charge is 2.12. The standard InChI is InChI=1S/C14H12N2S2/c1-2-6-13-12(5-1)10-18-14(16-13)17-9-11-4-3-7-15-8-11/h1-8H,9-10H2. The van der Waals surface area contributed by atoms with Crippen LogP contribution in [0.5, 0.6) is 0 Å². The van der Waals surface area contributed by atoms with Crippen molar-refractivity contribution in [3.63, 3.8) is 0 Å². The number of pyridine rings is 1. The number of para-hydroxylation sites is 1. The molecule has 1 aromatic heterocycles. The van der Waals surface area contributed by atoms with Crippen molar-refractivity contribution in [2.24, 2.45) is 4.99 Å². The molecule has 0 fully saturated rings. The molecule has 1 aliphatic rings. The minimum absolute atomic E-state index is 0.932. The molecule has 2 aromatic rings. The summed E-state index contributed by atoms with van der Waals surface area (Å²) in [5, 5.41) is 0. The number of aromatic nitrogens is 1. The van der Waals surface area contributed by atoms with E-state index in [1.807, 2.05) is 30.1 Å². The Morgan fingerprint density at radius 1 is 1.17 bits per heavy atom. The summed E-state index contributed by atoms with van der Waals surface area (Å²) in [6.07, 6.45) is 3.71. The second-order valence-corrected chi connectivity index (χ2v) is 6.13. The van der Waals surface area contributed by atoms with Crippen LogP contribution < -0.4 is 0 Å². The van der Waals surface area contributed by atoms with Gasteiger partial charge in [0.15, 0.2) is 0 Å². The molecule has 2 nitrogen and oxygen atoms in total. The van der Waals surface area contributed by atoms with Crippen LogP contribution in [-0.4, -0.2) is 9.36 Å². The summed E-state index contributed by atoms with van der Waals surface area (Å²) in [7, 11) is 0. The Kier molecular flexibility index (Phi) is 3.67. The molecule has 1 aliphatic heterocycles. The van der Waals surface area contributed by atoms with Gasteiger partial charge in [0, 0.05) is 23.9 Å². The van der Waals surface area contributed by atoms with E-state index in [9.17, 15) is 0 Å². The summed E-state index contributed by atoms with van der Waals surface area (Å²) in [4.78, 5) is 8.81. The zero-order chi connectivity index (χ0) is 12.2. The molecule has 0 radical (unpaired) electrons. The van der Waals surface area contributed by atoms with Gasteiger partial charge in [0.1, 0.15) is 4.38 Å². The van der Waals surface area contributed by atoms with Gasteiger partial charge in [-0.3, -0.25) is 4.98 Å². The van der Waals surface area contributed by atoms with Crippen molar-refractivity contribution in [1.82, 2.24) is 4.98 Å². The Balaban J connectivity index is 1.70. The Morgan fingerprint density at radius 3 is 3.00 bits per heavy atom. The lowest BCUT2D eigenvalue weighted by Gasteiger charge is -2.13. The maximum Gasteiger partial charge on any atom is 0.131 e. The van der Waals surface area contributed by atoms with Crippen LogP contribution in [0.1, 0.15) is 11.1 Å². The number of nitrogens with zero attached hydrogens (tertiary/aromatic N) is 2. The number of benzene rings is 1. The number of hydrogen-bond donors (Lipinski definition) is 0. The van der Waals surface area contributed by atoms with Crippen LogP contribution in [0.3, 0.4) is 0 Å². The van der Waals surface area contributed by atoms with Crippen molar-refractivity contribution in [3.8, 4) is 0 Å². The van der Waals surface area contributed by atoms with Gasteiger partial charge in [-0.05, 0) is 23.3 Å². The third-order valence-corrected chi connectivity index (χ3v) is 4.96. The third kappa shape index (κ3) is 2.76. The summed E-state index contributed by atoms with van der Waals surface area (Å²) in [6.45, 7) is 0. The van der Waals surface area contributed by atoms with Crippen LogP contribution in [0.4, 0.5) is 5.69 Å². The summed E-state index contributed by atoms with van der Waals surface area (Å²) >= 11 is 3.60. The number of thioether (sulfide) groups is 2. The number of aliphatic imine (C=N–C) groups is 1. The molecule has 0 saturated carbocycles. The largest absolute Gasteiger partial charge is 0.264 e. The van der Waals surface area contributed by atoms with E-state index in [-0.39, 0.29) is 0 Å². The highest BCUT2D eigenvalue weighted by atomic mass is 32.2. The minimum Gasteiger partial charge on any atom is -0.264 e. The molecule has 4 heteroatoms. The first-order valence-corrected chi connectivity index (χ1v) is 7.70. The SMILES string of the molecule is c1cncc(CSC2=Nc3ccccc3CS2)c1. The molecule has 0 N–H and O–H groups in total. The van der Waals surface area contributed by atoms with Crippen molar-refractivity contribution < 1.29 is 0 Å². The number of hydrogen-bond acceptors (Lipinski definition) is 4. The molecule has 18 heavy (non-hydrogen) atoms. The van der Waals surface area contributed by atoms with Gasteiger partial charge < -0.3 is 0 Å². The minimum atomic E-state index is 0.932. The average Bonchev–Trinajstić information content (AvgIpc) is 2.46. The van der Waals surface area contributed by atoms with Crippen LogP contribution in [-0.2, 0) is 11.5 Å². The summed E-state index contributed by atoms with van der Waals surface area (Å²) in [5.41, 5.74) is 3.68. The fraction of sp³-hybridized carbons (Fsp3) is 0.143. The van der Waals surface area contributed by atoms with Crippen LogP contribution in [0.2, 0.25) is 0 Å². The molecule has 90 valence electrons. The van der Waals surface area contributed by atoms with Crippen molar-refractivity contribution in [2.75, 3.05) is 0 Å². The fourth-order valence-corrected chi connectivity index (χ4v) is 3.71. The second kappa shape index (κ2) is 5.59. The van der Waals surface area contributed by atoms with Crippen molar-refractivity contribution in [3.05, 3.63) is 59.9 Å². The van der Waals surface area contributed by atoms with E-state index in [0.717, 1.165) is 21.6 Å². The molecule has 0 atom stereocenters. The van der Waals surface area contributed by atoms with Crippen LogP contribution in [0.15, 0.2) is 53.8 Å². The lowest BCUT2D eigenvalue weighted by Crippen LogP contribution is -1.96. The first-order chi connectivity index (χ1) is 8.92. The average molecular weight is 272 g/mol. The Hall–Kier alpha value is -1.26. The van der Waals surface area contributed by atoms with Gasteiger partial charge in [-0.25, -0.2) is 4.99 Å². The number of fused-ring (bicyclic) bond motifs is 1. The smallest absolute Gasteiger partial charge is 0.131 e. The molecule has 0 spiro atoms. The van der Waals surface area contributed by atoms with Crippen LogP contribution in [0.25, 0.3) is 0 Å². The lowest BCUT2D eigenvalue weighted by molar-refractivity contribution is 1.25. The van der Waals surface area contributed by atoms with E-state index in [0.29, 0.717) is 0 Å². The third-order valence-electron chi connectivity index (χ3n) is 2.64. The topological polar surface area (TPSA) is 25.2 Å². The maximum absolute atomic E-state index is 4.68. The highest BCUT2D eigenvalue weighted by molar-refractivity contribution is 8.38. The molecule has 0 amide bonds. The molecular formula is C14H12N2S2. The van der Waals surface area contributed by atoms with Gasteiger partial charge >= 0.3 is 0 Å². The van der Waals surface area contributed by atoms with Crippen molar-refractivity contribution in [2.45, 2.75) is 11.5 Å². The normalized spacial score (nSPS) is 13.9. The summed E-state index contributed by atoms with van der Waals surface area (Å²) in [6, 6.07) is 12.4. The van der Waals surface area contributed by atoms with E-state index >= 15 is 0 Å². The van der Waals surface area contributed by atoms with Gasteiger partial charge in [-0.2, -0.15) is 0 Å².